The first-order valence-electron chi connectivity index (χ1n) is 7.81. The zero-order chi connectivity index (χ0) is 15.0. The van der Waals surface area contributed by atoms with Gasteiger partial charge < -0.3 is 16.4 Å². The summed E-state index contributed by atoms with van der Waals surface area (Å²) >= 11 is 0. The summed E-state index contributed by atoms with van der Waals surface area (Å²) in [5.74, 6) is 0.232. The minimum atomic E-state index is -0.111. The Morgan fingerprint density at radius 3 is 2.45 bits per heavy atom. The van der Waals surface area contributed by atoms with Gasteiger partial charge in [0.15, 0.2) is 0 Å². The van der Waals surface area contributed by atoms with Gasteiger partial charge >= 0.3 is 0 Å². The average Bonchev–Trinajstić information content (AvgIpc) is 2.38. The Balaban J connectivity index is 2.19. The Kier molecular flexibility index (Phi) is 7.59. The molecule has 4 N–H and O–H groups in total. The van der Waals surface area contributed by atoms with Crippen LogP contribution >= 0.6 is 0 Å². The van der Waals surface area contributed by atoms with Crippen molar-refractivity contribution in [2.75, 3.05) is 6.54 Å². The van der Waals surface area contributed by atoms with Crippen LogP contribution in [-0.2, 0) is 9.59 Å². The van der Waals surface area contributed by atoms with E-state index in [1.165, 1.54) is 6.42 Å². The van der Waals surface area contributed by atoms with Gasteiger partial charge in [-0.1, -0.05) is 19.3 Å². The van der Waals surface area contributed by atoms with Crippen LogP contribution in [0.25, 0.3) is 0 Å². The first-order chi connectivity index (χ1) is 9.49. The quantitative estimate of drug-likeness (QED) is 0.659. The summed E-state index contributed by atoms with van der Waals surface area (Å²) in [5.41, 5.74) is 5.62. The molecule has 116 valence electrons. The summed E-state index contributed by atoms with van der Waals surface area (Å²) in [5, 5.41) is 5.78. The first-order valence-corrected chi connectivity index (χ1v) is 7.81. The number of hydrogen-bond donors (Lipinski definition) is 3. The zero-order valence-corrected chi connectivity index (χ0v) is 12.8. The van der Waals surface area contributed by atoms with Gasteiger partial charge in [-0.05, 0) is 33.1 Å². The lowest BCUT2D eigenvalue weighted by Crippen LogP contribution is -2.41. The van der Waals surface area contributed by atoms with E-state index in [9.17, 15) is 9.59 Å². The normalized spacial score (nSPS) is 19.1. The maximum atomic E-state index is 12.0. The maximum absolute atomic E-state index is 12.0. The third-order valence-corrected chi connectivity index (χ3v) is 3.78. The molecule has 0 aromatic rings. The molecule has 5 nitrogen and oxygen atoms in total. The minimum absolute atomic E-state index is 0.0258. The van der Waals surface area contributed by atoms with Crippen molar-refractivity contribution in [2.45, 2.75) is 70.9 Å². The molecule has 0 aromatic heterocycles. The molecule has 1 rings (SSSR count). The number of carbonyl (C=O) groups is 2. The van der Waals surface area contributed by atoms with Crippen LogP contribution < -0.4 is 16.4 Å². The van der Waals surface area contributed by atoms with Crippen molar-refractivity contribution in [3.05, 3.63) is 0 Å². The lowest BCUT2D eigenvalue weighted by molar-refractivity contribution is -0.127. The molecule has 0 heterocycles. The molecule has 2 unspecified atom stereocenters. The van der Waals surface area contributed by atoms with Crippen LogP contribution in [0.4, 0.5) is 0 Å². The summed E-state index contributed by atoms with van der Waals surface area (Å²) in [6.07, 6.45) is 6.60. The van der Waals surface area contributed by atoms with Crippen LogP contribution in [0.15, 0.2) is 0 Å². The molecule has 0 saturated heterocycles. The smallest absolute Gasteiger partial charge is 0.223 e. The molecule has 1 fully saturated rings. The molecule has 0 bridgehead atoms. The highest BCUT2D eigenvalue weighted by Crippen LogP contribution is 2.23. The van der Waals surface area contributed by atoms with Gasteiger partial charge in [0.2, 0.25) is 11.8 Å². The molecule has 5 heteroatoms. The van der Waals surface area contributed by atoms with Crippen LogP contribution in [0.2, 0.25) is 0 Å². The number of nitrogens with one attached hydrogen (secondary N) is 2. The van der Waals surface area contributed by atoms with Gasteiger partial charge in [-0.3, -0.25) is 9.59 Å². The van der Waals surface area contributed by atoms with E-state index in [0.717, 1.165) is 32.1 Å². The molecule has 20 heavy (non-hydrogen) atoms. The fraction of sp³-hybridized carbons (Fsp3) is 0.867. The van der Waals surface area contributed by atoms with E-state index in [0.29, 0.717) is 13.0 Å². The number of nitrogens with two attached hydrogens (primary N) is 1. The first kappa shape index (κ1) is 17.0. The molecule has 0 aromatic carbocycles. The van der Waals surface area contributed by atoms with Crippen molar-refractivity contribution < 1.29 is 9.59 Å². The van der Waals surface area contributed by atoms with Crippen molar-refractivity contribution in [1.82, 2.24) is 10.6 Å². The van der Waals surface area contributed by atoms with Gasteiger partial charge in [0, 0.05) is 31.0 Å². The highest BCUT2D eigenvalue weighted by atomic mass is 16.2. The Morgan fingerprint density at radius 2 is 1.85 bits per heavy atom. The van der Waals surface area contributed by atoms with Crippen LogP contribution in [-0.4, -0.2) is 30.4 Å². The minimum Gasteiger partial charge on any atom is -0.356 e. The average molecular weight is 283 g/mol. The molecule has 2 amide bonds. The van der Waals surface area contributed by atoms with Gasteiger partial charge in [0.25, 0.3) is 0 Å². The van der Waals surface area contributed by atoms with Crippen LogP contribution in [0.5, 0.6) is 0 Å². The van der Waals surface area contributed by atoms with Crippen molar-refractivity contribution in [3.63, 3.8) is 0 Å². The fourth-order valence-electron chi connectivity index (χ4n) is 2.57. The van der Waals surface area contributed by atoms with E-state index in [-0.39, 0.29) is 29.8 Å². The second-order valence-electron chi connectivity index (χ2n) is 6.06. The third kappa shape index (κ3) is 6.89. The fourth-order valence-corrected chi connectivity index (χ4v) is 2.57. The van der Waals surface area contributed by atoms with E-state index in [1.807, 2.05) is 13.8 Å². The largest absolute Gasteiger partial charge is 0.356 e. The maximum Gasteiger partial charge on any atom is 0.223 e. The topological polar surface area (TPSA) is 84.2 Å². The Bertz CT molecular complexity index is 312. The van der Waals surface area contributed by atoms with E-state index >= 15 is 0 Å². The van der Waals surface area contributed by atoms with Crippen LogP contribution in [0, 0.1) is 5.92 Å². The second kappa shape index (κ2) is 8.95. The van der Waals surface area contributed by atoms with Crippen molar-refractivity contribution in [1.29, 1.82) is 0 Å². The van der Waals surface area contributed by atoms with Crippen LogP contribution in [0.3, 0.4) is 0 Å². The summed E-state index contributed by atoms with van der Waals surface area (Å²) in [7, 11) is 0. The van der Waals surface area contributed by atoms with E-state index in [1.54, 1.807) is 0 Å². The van der Waals surface area contributed by atoms with Crippen molar-refractivity contribution in [3.8, 4) is 0 Å². The standard InChI is InChI=1S/C15H29N3O2/c1-11(16)8-9-17-14(19)10-12(2)18-15(20)13-6-4-3-5-7-13/h11-13H,3-10,16H2,1-2H3,(H,17,19)(H,18,20). The summed E-state index contributed by atoms with van der Waals surface area (Å²) < 4.78 is 0. The molecule has 1 aliphatic rings. The number of hydrogen-bond acceptors (Lipinski definition) is 3. The summed E-state index contributed by atoms with van der Waals surface area (Å²) in [4.78, 5) is 23.7. The van der Waals surface area contributed by atoms with Gasteiger partial charge in [-0.2, -0.15) is 0 Å². The van der Waals surface area contributed by atoms with Gasteiger partial charge in [-0.25, -0.2) is 0 Å². The van der Waals surface area contributed by atoms with Gasteiger partial charge in [0.1, 0.15) is 0 Å². The predicted octanol–water partition coefficient (Wildman–Crippen LogP) is 1.31. The highest BCUT2D eigenvalue weighted by Gasteiger charge is 2.22. The molecule has 0 aliphatic heterocycles. The molecule has 1 saturated carbocycles. The number of rotatable bonds is 7. The molecule has 0 radical (unpaired) electrons. The van der Waals surface area contributed by atoms with Crippen molar-refractivity contribution >= 4 is 11.8 Å². The number of carbonyl (C=O) groups excluding carboxylic acids is 2. The monoisotopic (exact) mass is 283 g/mol. The molecular formula is C15H29N3O2. The second-order valence-corrected chi connectivity index (χ2v) is 6.06. The number of amides is 2. The Labute approximate surface area is 122 Å². The molecule has 2 atom stereocenters. The summed E-state index contributed by atoms with van der Waals surface area (Å²) in [6, 6.07) is -0.0153. The van der Waals surface area contributed by atoms with E-state index in [4.69, 9.17) is 5.73 Å². The van der Waals surface area contributed by atoms with E-state index < -0.39 is 0 Å². The lowest BCUT2D eigenvalue weighted by atomic mass is 9.88. The van der Waals surface area contributed by atoms with Crippen molar-refractivity contribution in [2.24, 2.45) is 11.7 Å². The van der Waals surface area contributed by atoms with Crippen LogP contribution in [0.1, 0.15) is 58.8 Å². The van der Waals surface area contributed by atoms with Gasteiger partial charge in [0.05, 0.1) is 0 Å². The zero-order valence-electron chi connectivity index (χ0n) is 12.8. The van der Waals surface area contributed by atoms with Gasteiger partial charge in [-0.15, -0.1) is 0 Å². The Hall–Kier alpha value is -1.10. The summed E-state index contributed by atoms with van der Waals surface area (Å²) in [6.45, 7) is 4.39. The molecular weight excluding hydrogens is 254 g/mol. The molecule has 1 aliphatic carbocycles. The SMILES string of the molecule is CC(N)CCNC(=O)CC(C)NC(=O)C1CCCCC1. The Morgan fingerprint density at radius 1 is 1.20 bits per heavy atom. The third-order valence-electron chi connectivity index (χ3n) is 3.78. The predicted molar refractivity (Wildman–Crippen MR) is 80.1 cm³/mol. The highest BCUT2D eigenvalue weighted by molar-refractivity contribution is 5.81. The van der Waals surface area contributed by atoms with E-state index in [2.05, 4.69) is 10.6 Å². The lowest BCUT2D eigenvalue weighted by Gasteiger charge is -2.23. The molecule has 0 spiro atoms.